The molecular weight excluding hydrogens is 432 g/mol. The van der Waals surface area contributed by atoms with Gasteiger partial charge < -0.3 is 10.5 Å². The number of nitrogen functional groups attached to an aromatic ring is 1. The Bertz CT molecular complexity index is 1390. The number of aromatic nitrogens is 5. The molecule has 5 aromatic rings. The summed E-state index contributed by atoms with van der Waals surface area (Å²) in [5.41, 5.74) is 12.0. The summed E-state index contributed by atoms with van der Waals surface area (Å²) in [6, 6.07) is 15.3. The molecule has 0 fully saturated rings. The van der Waals surface area contributed by atoms with Crippen molar-refractivity contribution in [2.75, 3.05) is 12.8 Å². The van der Waals surface area contributed by atoms with Crippen LogP contribution in [0.1, 0.15) is 5.69 Å². The van der Waals surface area contributed by atoms with Gasteiger partial charge >= 0.3 is 0 Å². The molecule has 0 bridgehead atoms. The van der Waals surface area contributed by atoms with E-state index < -0.39 is 0 Å². The highest BCUT2D eigenvalue weighted by Crippen LogP contribution is 2.34. The highest BCUT2D eigenvalue weighted by molar-refractivity contribution is 7.13. The van der Waals surface area contributed by atoms with E-state index in [0.29, 0.717) is 27.2 Å². The number of thiazole rings is 1. The maximum absolute atomic E-state index is 6.45. The molecule has 0 radical (unpaired) electrons. The molecule has 0 unspecified atom stereocenters. The summed E-state index contributed by atoms with van der Waals surface area (Å²) in [4.78, 5) is 4.69. The highest BCUT2D eigenvalue weighted by atomic mass is 35.5. The molecule has 0 atom stereocenters. The van der Waals surface area contributed by atoms with Gasteiger partial charge in [0.25, 0.3) is 0 Å². The Morgan fingerprint density at radius 3 is 2.42 bits per heavy atom. The van der Waals surface area contributed by atoms with Crippen LogP contribution in [-0.4, -0.2) is 31.9 Å². The summed E-state index contributed by atoms with van der Waals surface area (Å²) < 4.78 is 6.87. The highest BCUT2D eigenvalue weighted by Gasteiger charge is 2.20. The van der Waals surface area contributed by atoms with Crippen LogP contribution in [-0.2, 0) is 0 Å². The van der Waals surface area contributed by atoms with E-state index in [0.717, 1.165) is 33.8 Å². The summed E-state index contributed by atoms with van der Waals surface area (Å²) in [5.74, 6) is 1.18. The van der Waals surface area contributed by atoms with Crippen LogP contribution in [0, 0.1) is 6.92 Å². The Morgan fingerprint density at radius 2 is 1.71 bits per heavy atom. The fourth-order valence-corrected chi connectivity index (χ4v) is 4.35. The minimum atomic E-state index is 0.393. The summed E-state index contributed by atoms with van der Waals surface area (Å²) in [7, 11) is 1.64. The minimum absolute atomic E-state index is 0.393. The van der Waals surface area contributed by atoms with Gasteiger partial charge in [0.2, 0.25) is 0 Å². The van der Waals surface area contributed by atoms with Crippen LogP contribution in [0.4, 0.5) is 5.82 Å². The van der Waals surface area contributed by atoms with Gasteiger partial charge in [-0.1, -0.05) is 35.9 Å². The first-order chi connectivity index (χ1) is 15.0. The number of nitrogens with two attached hydrogens (primary N) is 1. The quantitative estimate of drug-likeness (QED) is 0.409. The van der Waals surface area contributed by atoms with E-state index in [9.17, 15) is 0 Å². The zero-order valence-corrected chi connectivity index (χ0v) is 18.3. The average Bonchev–Trinajstić information content (AvgIpc) is 3.40. The van der Waals surface area contributed by atoms with E-state index in [-0.39, 0.29) is 0 Å². The number of rotatable bonds is 4. The zero-order chi connectivity index (χ0) is 21.5. The number of hydrogen-bond acceptors (Lipinski definition) is 7. The topological polar surface area (TPSA) is 91.2 Å². The monoisotopic (exact) mass is 448 g/mol. The lowest BCUT2D eigenvalue weighted by Crippen LogP contribution is -2.05. The fraction of sp³-hybridized carbons (Fsp3) is 0.0909. The van der Waals surface area contributed by atoms with Crippen LogP contribution >= 0.6 is 22.9 Å². The van der Waals surface area contributed by atoms with Crippen molar-refractivity contribution in [2.45, 2.75) is 6.92 Å². The average molecular weight is 449 g/mol. The Balaban J connectivity index is 1.57. The number of hydrogen-bond donors (Lipinski definition) is 1. The lowest BCUT2D eigenvalue weighted by molar-refractivity contribution is 0.415. The van der Waals surface area contributed by atoms with Crippen LogP contribution in [0.2, 0.25) is 5.02 Å². The van der Waals surface area contributed by atoms with Gasteiger partial charge in [0.1, 0.15) is 10.8 Å². The van der Waals surface area contributed by atoms with Crippen molar-refractivity contribution in [2.24, 2.45) is 0 Å². The van der Waals surface area contributed by atoms with Gasteiger partial charge in [-0.3, -0.25) is 0 Å². The predicted molar refractivity (Wildman–Crippen MR) is 123 cm³/mol. The first-order valence-electron chi connectivity index (χ1n) is 9.43. The molecule has 0 saturated heterocycles. The van der Waals surface area contributed by atoms with Gasteiger partial charge in [0, 0.05) is 16.0 Å². The number of methoxy groups -OCH3 is 1. The Hall–Kier alpha value is -3.49. The van der Waals surface area contributed by atoms with Crippen molar-refractivity contribution < 1.29 is 4.74 Å². The minimum Gasteiger partial charge on any atom is -0.497 e. The molecule has 2 N–H and O–H groups in total. The van der Waals surface area contributed by atoms with Crippen LogP contribution < -0.4 is 10.5 Å². The van der Waals surface area contributed by atoms with Gasteiger partial charge in [-0.2, -0.15) is 9.61 Å². The largest absolute Gasteiger partial charge is 0.497 e. The Labute approximate surface area is 187 Å². The molecule has 7 nitrogen and oxygen atoms in total. The summed E-state index contributed by atoms with van der Waals surface area (Å²) in [6.45, 7) is 1.93. The third-order valence-corrected chi connectivity index (χ3v) is 6.08. The van der Waals surface area contributed by atoms with Crippen LogP contribution in [0.15, 0.2) is 53.9 Å². The van der Waals surface area contributed by atoms with Gasteiger partial charge in [-0.05, 0) is 36.8 Å². The van der Waals surface area contributed by atoms with Crippen molar-refractivity contribution >= 4 is 34.4 Å². The molecule has 31 heavy (non-hydrogen) atoms. The molecule has 154 valence electrons. The normalized spacial score (nSPS) is 11.2. The second-order valence-electron chi connectivity index (χ2n) is 6.90. The predicted octanol–water partition coefficient (Wildman–Crippen LogP) is 5.13. The maximum Gasteiger partial charge on any atom is 0.187 e. The second-order valence-corrected chi connectivity index (χ2v) is 8.20. The van der Waals surface area contributed by atoms with Crippen molar-refractivity contribution in [1.29, 1.82) is 0 Å². The Morgan fingerprint density at radius 1 is 1.00 bits per heavy atom. The number of halogens is 1. The molecule has 0 aliphatic heterocycles. The van der Waals surface area contributed by atoms with E-state index in [1.54, 1.807) is 11.6 Å². The number of ether oxygens (including phenoxy) is 1. The first kappa shape index (κ1) is 19.5. The molecule has 0 amide bonds. The van der Waals surface area contributed by atoms with Crippen molar-refractivity contribution in [3.63, 3.8) is 0 Å². The van der Waals surface area contributed by atoms with E-state index in [2.05, 4.69) is 15.3 Å². The molecule has 0 spiro atoms. The van der Waals surface area contributed by atoms with E-state index >= 15 is 0 Å². The third-order valence-electron chi connectivity index (χ3n) is 4.98. The summed E-state index contributed by atoms with van der Waals surface area (Å²) >= 11 is 7.44. The summed E-state index contributed by atoms with van der Waals surface area (Å²) in [5, 5.41) is 16.8. The lowest BCUT2D eigenvalue weighted by Gasteiger charge is -2.05. The number of fused-ring (bicyclic) bond motifs is 1. The molecule has 2 aromatic carbocycles. The van der Waals surface area contributed by atoms with Crippen molar-refractivity contribution in [3.8, 4) is 38.8 Å². The molecule has 0 aliphatic rings. The van der Waals surface area contributed by atoms with Gasteiger partial charge in [-0.25, -0.2) is 4.98 Å². The molecule has 0 saturated carbocycles. The molecule has 0 aliphatic carbocycles. The molecule has 9 heteroatoms. The van der Waals surface area contributed by atoms with Crippen molar-refractivity contribution in [1.82, 2.24) is 24.8 Å². The van der Waals surface area contributed by atoms with Gasteiger partial charge in [0.15, 0.2) is 17.2 Å². The second kappa shape index (κ2) is 7.64. The van der Waals surface area contributed by atoms with Gasteiger partial charge in [-0.15, -0.1) is 21.5 Å². The Kier molecular flexibility index (Phi) is 4.80. The summed E-state index contributed by atoms with van der Waals surface area (Å²) in [6.07, 6.45) is 0. The third kappa shape index (κ3) is 3.39. The van der Waals surface area contributed by atoms with E-state index in [4.69, 9.17) is 27.1 Å². The van der Waals surface area contributed by atoms with E-state index in [1.807, 2.05) is 60.8 Å². The van der Waals surface area contributed by atoms with Gasteiger partial charge in [0.05, 0.1) is 24.1 Å². The molecule has 3 aromatic heterocycles. The van der Waals surface area contributed by atoms with Crippen LogP contribution in [0.25, 0.3) is 38.7 Å². The smallest absolute Gasteiger partial charge is 0.187 e. The standard InChI is InChI=1S/C22H17ClN6OS/c1-12-18(14-5-9-16(30-2)10-6-14)21-27-26-19(20(24)29(21)28-12)22-25-17(11-31-22)13-3-7-15(23)8-4-13/h3-11H,24H2,1-2H3. The zero-order valence-electron chi connectivity index (χ0n) is 16.7. The first-order valence-corrected chi connectivity index (χ1v) is 10.7. The maximum atomic E-state index is 6.45. The lowest BCUT2D eigenvalue weighted by atomic mass is 10.1. The van der Waals surface area contributed by atoms with Crippen molar-refractivity contribution in [3.05, 3.63) is 64.6 Å². The molecule has 3 heterocycles. The number of aryl methyl sites for hydroxylation is 1. The van der Waals surface area contributed by atoms with Crippen LogP contribution in [0.3, 0.4) is 0 Å². The molecular formula is C22H17ClN6OS. The number of anilines is 1. The molecule has 5 rings (SSSR count). The number of nitrogens with zero attached hydrogens (tertiary/aromatic N) is 5. The fourth-order valence-electron chi connectivity index (χ4n) is 3.41. The number of benzene rings is 2. The van der Waals surface area contributed by atoms with E-state index in [1.165, 1.54) is 11.3 Å². The SMILES string of the molecule is COc1ccc(-c2c(C)nn3c(N)c(-c4nc(-c5ccc(Cl)cc5)cs4)nnc23)cc1. The van der Waals surface area contributed by atoms with Crippen LogP contribution in [0.5, 0.6) is 5.75 Å².